The first-order chi connectivity index (χ1) is 9.93. The zero-order valence-electron chi connectivity index (χ0n) is 14.2. The lowest BCUT2D eigenvalue weighted by molar-refractivity contribution is 0.0226. The van der Waals surface area contributed by atoms with Crippen LogP contribution in [0.5, 0.6) is 0 Å². The van der Waals surface area contributed by atoms with Crippen molar-refractivity contribution in [2.75, 3.05) is 0 Å². The average Bonchev–Trinajstić information content (AvgIpc) is 2.80. The Bertz CT molecular complexity index is 440. The maximum atomic E-state index is 11.0. The van der Waals surface area contributed by atoms with Gasteiger partial charge in [0.15, 0.2) is 0 Å². The lowest BCUT2D eigenvalue weighted by atomic mass is 9.86. The number of nitrogens with zero attached hydrogens (tertiary/aromatic N) is 2. The van der Waals surface area contributed by atoms with Crippen LogP contribution in [-0.2, 0) is 6.42 Å². The molecule has 1 aromatic heterocycles. The van der Waals surface area contributed by atoms with Crippen LogP contribution in [-0.4, -0.2) is 20.5 Å². The zero-order chi connectivity index (χ0) is 15.5. The van der Waals surface area contributed by atoms with Gasteiger partial charge in [0.1, 0.15) is 0 Å². The third-order valence-corrected chi connectivity index (χ3v) is 5.36. The molecule has 0 radical (unpaired) electrons. The van der Waals surface area contributed by atoms with Crippen LogP contribution >= 0.6 is 0 Å². The molecule has 3 unspecified atom stereocenters. The molecule has 1 aromatic rings. The van der Waals surface area contributed by atoms with Crippen molar-refractivity contribution in [1.29, 1.82) is 0 Å². The molecule has 0 spiro atoms. The van der Waals surface area contributed by atoms with Crippen molar-refractivity contribution >= 4 is 0 Å². The van der Waals surface area contributed by atoms with E-state index in [1.165, 1.54) is 6.42 Å². The highest BCUT2D eigenvalue weighted by Gasteiger charge is 2.32. The zero-order valence-corrected chi connectivity index (χ0v) is 14.2. The molecule has 1 aliphatic rings. The average molecular weight is 292 g/mol. The molecule has 120 valence electrons. The fourth-order valence-electron chi connectivity index (χ4n) is 3.50. The molecule has 3 atom stereocenters. The van der Waals surface area contributed by atoms with Crippen LogP contribution < -0.4 is 0 Å². The summed E-state index contributed by atoms with van der Waals surface area (Å²) in [5.41, 5.74) is 0.499. The van der Waals surface area contributed by atoms with Crippen molar-refractivity contribution < 1.29 is 5.11 Å². The van der Waals surface area contributed by atoms with Gasteiger partial charge in [-0.05, 0) is 50.5 Å². The summed E-state index contributed by atoms with van der Waals surface area (Å²) in [6.07, 6.45) is 9.26. The van der Waals surface area contributed by atoms with E-state index < -0.39 is 5.60 Å². The molecule has 0 aromatic carbocycles. The topological polar surface area (TPSA) is 38.0 Å². The number of hydrogen-bond donors (Lipinski definition) is 1. The van der Waals surface area contributed by atoms with Crippen molar-refractivity contribution in [3.05, 3.63) is 18.0 Å². The molecular formula is C18H32N2O. The van der Waals surface area contributed by atoms with Gasteiger partial charge >= 0.3 is 0 Å². The Hall–Kier alpha value is -0.830. The quantitative estimate of drug-likeness (QED) is 0.819. The molecule has 0 saturated heterocycles. The molecule has 1 aliphatic carbocycles. The van der Waals surface area contributed by atoms with Gasteiger partial charge in [-0.2, -0.15) is 5.10 Å². The fraction of sp³-hybridized carbons (Fsp3) is 0.833. The molecule has 0 amide bonds. The van der Waals surface area contributed by atoms with Crippen molar-refractivity contribution in [2.45, 2.75) is 84.3 Å². The predicted octanol–water partition coefficient (Wildman–Crippen LogP) is 4.36. The molecule has 2 rings (SSSR count). The van der Waals surface area contributed by atoms with Gasteiger partial charge in [-0.15, -0.1) is 0 Å². The number of aliphatic hydroxyl groups is 1. The van der Waals surface area contributed by atoms with Gasteiger partial charge in [0.2, 0.25) is 0 Å². The maximum Gasteiger partial charge on any atom is 0.0703 e. The summed E-state index contributed by atoms with van der Waals surface area (Å²) in [5, 5.41) is 15.6. The minimum absolute atomic E-state index is 0.438. The minimum atomic E-state index is -0.543. The van der Waals surface area contributed by atoms with Crippen LogP contribution in [0, 0.1) is 11.8 Å². The summed E-state index contributed by atoms with van der Waals surface area (Å²) in [6, 6.07) is 2.52. The lowest BCUT2D eigenvalue weighted by Gasteiger charge is -2.26. The maximum absolute atomic E-state index is 11.0. The summed E-state index contributed by atoms with van der Waals surface area (Å²) >= 11 is 0. The van der Waals surface area contributed by atoms with E-state index in [0.717, 1.165) is 49.6 Å². The Kier molecular flexibility index (Phi) is 5.48. The fourth-order valence-corrected chi connectivity index (χ4v) is 3.50. The second kappa shape index (κ2) is 6.95. The smallest absolute Gasteiger partial charge is 0.0703 e. The molecule has 1 fully saturated rings. The lowest BCUT2D eigenvalue weighted by Crippen LogP contribution is -2.31. The summed E-state index contributed by atoms with van der Waals surface area (Å²) in [5.74, 6) is 1.51. The molecule has 21 heavy (non-hydrogen) atoms. The molecule has 1 saturated carbocycles. The van der Waals surface area contributed by atoms with Gasteiger partial charge in [-0.25, -0.2) is 0 Å². The van der Waals surface area contributed by atoms with E-state index in [9.17, 15) is 5.11 Å². The van der Waals surface area contributed by atoms with Crippen LogP contribution in [0.2, 0.25) is 0 Å². The van der Waals surface area contributed by atoms with E-state index in [1.807, 2.05) is 4.68 Å². The molecule has 3 heteroatoms. The van der Waals surface area contributed by atoms with Crippen LogP contribution in [0.25, 0.3) is 0 Å². The molecular weight excluding hydrogens is 260 g/mol. The summed E-state index contributed by atoms with van der Waals surface area (Å²) in [6.45, 7) is 8.98. The van der Waals surface area contributed by atoms with E-state index in [1.54, 1.807) is 0 Å². The number of aromatic nitrogens is 2. The first-order valence-electron chi connectivity index (χ1n) is 8.70. The minimum Gasteiger partial charge on any atom is -0.389 e. The first-order valence-corrected chi connectivity index (χ1v) is 8.70. The van der Waals surface area contributed by atoms with Crippen molar-refractivity contribution in [3.63, 3.8) is 0 Å². The van der Waals surface area contributed by atoms with E-state index in [0.29, 0.717) is 12.5 Å². The van der Waals surface area contributed by atoms with E-state index in [2.05, 4.69) is 45.1 Å². The number of rotatable bonds is 5. The summed E-state index contributed by atoms with van der Waals surface area (Å²) in [7, 11) is 0. The Balaban J connectivity index is 1.99. The van der Waals surface area contributed by atoms with Crippen LogP contribution in [0.4, 0.5) is 0 Å². The third-order valence-electron chi connectivity index (χ3n) is 5.36. The highest BCUT2D eigenvalue weighted by Crippen LogP contribution is 2.35. The monoisotopic (exact) mass is 292 g/mol. The second-order valence-corrected chi connectivity index (χ2v) is 7.38. The first kappa shape index (κ1) is 16.5. The molecule has 1 N–H and O–H groups in total. The van der Waals surface area contributed by atoms with Crippen molar-refractivity contribution in [2.24, 2.45) is 11.8 Å². The Morgan fingerprint density at radius 2 is 2.10 bits per heavy atom. The van der Waals surface area contributed by atoms with Crippen molar-refractivity contribution in [3.8, 4) is 0 Å². The standard InChI is InChI=1S/C18H32N2O/c1-5-15(4)20-12-9-17(19-20)13-18(21)10-6-7-16(8-11-18)14(2)3/h9,12,14-16,21H,5-8,10-11,13H2,1-4H3. The van der Waals surface area contributed by atoms with Gasteiger partial charge in [0.25, 0.3) is 0 Å². The van der Waals surface area contributed by atoms with Gasteiger partial charge in [-0.1, -0.05) is 33.6 Å². The van der Waals surface area contributed by atoms with E-state index in [4.69, 9.17) is 0 Å². The summed E-state index contributed by atoms with van der Waals surface area (Å²) in [4.78, 5) is 0. The number of hydrogen-bond acceptors (Lipinski definition) is 2. The largest absolute Gasteiger partial charge is 0.389 e. The molecule has 3 nitrogen and oxygen atoms in total. The van der Waals surface area contributed by atoms with Gasteiger partial charge < -0.3 is 5.11 Å². The summed E-state index contributed by atoms with van der Waals surface area (Å²) < 4.78 is 2.03. The Labute approximate surface area is 129 Å². The normalized spacial score (nSPS) is 28.6. The Morgan fingerprint density at radius 3 is 2.76 bits per heavy atom. The van der Waals surface area contributed by atoms with Crippen LogP contribution in [0.3, 0.4) is 0 Å². The van der Waals surface area contributed by atoms with Gasteiger partial charge in [0, 0.05) is 18.7 Å². The predicted molar refractivity (Wildman–Crippen MR) is 87.3 cm³/mol. The highest BCUT2D eigenvalue weighted by molar-refractivity contribution is 5.05. The van der Waals surface area contributed by atoms with Crippen LogP contribution in [0.1, 0.15) is 78.0 Å². The second-order valence-electron chi connectivity index (χ2n) is 7.38. The molecule has 0 bridgehead atoms. The highest BCUT2D eigenvalue weighted by atomic mass is 16.3. The van der Waals surface area contributed by atoms with Crippen LogP contribution in [0.15, 0.2) is 12.3 Å². The van der Waals surface area contributed by atoms with Crippen molar-refractivity contribution in [1.82, 2.24) is 9.78 Å². The Morgan fingerprint density at radius 1 is 1.33 bits per heavy atom. The molecule has 1 heterocycles. The van der Waals surface area contributed by atoms with Gasteiger partial charge in [-0.3, -0.25) is 4.68 Å². The van der Waals surface area contributed by atoms with E-state index in [-0.39, 0.29) is 0 Å². The third kappa shape index (κ3) is 4.32. The molecule has 0 aliphatic heterocycles. The van der Waals surface area contributed by atoms with E-state index >= 15 is 0 Å². The van der Waals surface area contributed by atoms with Gasteiger partial charge in [0.05, 0.1) is 11.3 Å². The SMILES string of the molecule is CCC(C)n1ccc(CC2(O)CCCC(C(C)C)CC2)n1.